The van der Waals surface area contributed by atoms with E-state index in [1.165, 1.54) is 12.7 Å². The Morgan fingerprint density at radius 1 is 0.889 bits per heavy atom. The average Bonchev–Trinajstić information content (AvgIpc) is 2.42. The van der Waals surface area contributed by atoms with Crippen molar-refractivity contribution in [3.8, 4) is 0 Å². The highest BCUT2D eigenvalue weighted by atomic mass is 15.1. The summed E-state index contributed by atoms with van der Waals surface area (Å²) in [6.07, 6.45) is 5.05. The molecule has 1 rings (SSSR count). The van der Waals surface area contributed by atoms with E-state index in [0.717, 1.165) is 52.1 Å². The number of hydrogen-bond donors (Lipinski definition) is 4. The van der Waals surface area contributed by atoms with Crippen molar-refractivity contribution in [1.82, 2.24) is 25.6 Å². The van der Waals surface area contributed by atoms with E-state index in [-0.39, 0.29) is 0 Å². The quantitative estimate of drug-likeness (QED) is 0.383. The number of hydrogen-bond acceptors (Lipinski definition) is 7. The Morgan fingerprint density at radius 2 is 1.56 bits per heavy atom. The second-order valence-corrected chi connectivity index (χ2v) is 3.88. The van der Waals surface area contributed by atoms with Gasteiger partial charge in [0.1, 0.15) is 12.7 Å². The van der Waals surface area contributed by atoms with E-state index in [9.17, 15) is 0 Å². The summed E-state index contributed by atoms with van der Waals surface area (Å²) in [7, 11) is 0. The predicted molar refractivity (Wildman–Crippen MR) is 72.3 cm³/mol. The molecule has 1 aromatic heterocycles. The van der Waals surface area contributed by atoms with Crippen LogP contribution < -0.4 is 21.7 Å². The Bertz CT molecular complexity index is 280. The van der Waals surface area contributed by atoms with Gasteiger partial charge in [0.25, 0.3) is 0 Å². The maximum absolute atomic E-state index is 5.40. The van der Waals surface area contributed by atoms with Crippen molar-refractivity contribution in [2.75, 3.05) is 44.6 Å². The molecule has 5 N–H and O–H groups in total. The topological polar surface area (TPSA) is 101 Å². The average molecular weight is 253 g/mol. The number of nitrogens with zero attached hydrogens (tertiary/aromatic N) is 3. The van der Waals surface area contributed by atoms with Gasteiger partial charge in [-0.1, -0.05) is 0 Å². The van der Waals surface area contributed by atoms with Crippen LogP contribution in [0.1, 0.15) is 12.8 Å². The van der Waals surface area contributed by atoms with Crippen LogP contribution in [0.5, 0.6) is 0 Å². The fraction of sp³-hybridized carbons (Fsp3) is 0.727. The lowest BCUT2D eigenvalue weighted by atomic mass is 10.4. The van der Waals surface area contributed by atoms with E-state index in [4.69, 9.17) is 5.73 Å². The lowest BCUT2D eigenvalue weighted by Crippen LogP contribution is -2.29. The molecule has 0 aliphatic heterocycles. The molecule has 0 radical (unpaired) electrons. The summed E-state index contributed by atoms with van der Waals surface area (Å²) in [5.74, 6) is 0.633. The second kappa shape index (κ2) is 10.8. The van der Waals surface area contributed by atoms with Crippen molar-refractivity contribution in [3.63, 3.8) is 0 Å². The maximum atomic E-state index is 5.40. The summed E-state index contributed by atoms with van der Waals surface area (Å²) >= 11 is 0. The van der Waals surface area contributed by atoms with E-state index >= 15 is 0 Å². The molecule has 0 fully saturated rings. The van der Waals surface area contributed by atoms with Crippen LogP contribution in [-0.2, 0) is 0 Å². The first-order valence-corrected chi connectivity index (χ1v) is 6.41. The summed E-state index contributed by atoms with van der Waals surface area (Å²) in [6.45, 7) is 5.56. The van der Waals surface area contributed by atoms with Gasteiger partial charge < -0.3 is 21.7 Å². The molecule has 0 atom stereocenters. The molecular formula is C11H23N7. The number of nitrogens with one attached hydrogen (secondary N) is 3. The zero-order chi connectivity index (χ0) is 12.9. The van der Waals surface area contributed by atoms with E-state index in [1.54, 1.807) is 0 Å². The Balaban J connectivity index is 1.82. The van der Waals surface area contributed by atoms with Crippen LogP contribution in [0.4, 0.5) is 5.95 Å². The minimum Gasteiger partial charge on any atom is -0.354 e. The van der Waals surface area contributed by atoms with Gasteiger partial charge in [-0.3, -0.25) is 0 Å². The van der Waals surface area contributed by atoms with Crippen LogP contribution in [0.15, 0.2) is 12.7 Å². The SMILES string of the molecule is NCCCNCCNCCCNc1ncncn1. The normalized spacial score (nSPS) is 10.5. The smallest absolute Gasteiger partial charge is 0.225 e. The van der Waals surface area contributed by atoms with Crippen LogP contribution in [0.3, 0.4) is 0 Å². The van der Waals surface area contributed by atoms with Crippen LogP contribution in [0, 0.1) is 0 Å². The van der Waals surface area contributed by atoms with Gasteiger partial charge in [0.2, 0.25) is 5.95 Å². The molecule has 0 saturated carbocycles. The van der Waals surface area contributed by atoms with E-state index < -0.39 is 0 Å². The number of rotatable bonds is 11. The van der Waals surface area contributed by atoms with Crippen molar-refractivity contribution >= 4 is 5.95 Å². The first-order chi connectivity index (χ1) is 8.93. The molecular weight excluding hydrogens is 230 g/mol. The maximum Gasteiger partial charge on any atom is 0.225 e. The molecule has 7 nitrogen and oxygen atoms in total. The van der Waals surface area contributed by atoms with Gasteiger partial charge in [-0.05, 0) is 32.5 Å². The third-order valence-electron chi connectivity index (χ3n) is 2.34. The van der Waals surface area contributed by atoms with Gasteiger partial charge in [-0.25, -0.2) is 15.0 Å². The Hall–Kier alpha value is -1.31. The molecule has 0 spiro atoms. The first kappa shape index (κ1) is 14.7. The molecule has 0 unspecified atom stereocenters. The highest BCUT2D eigenvalue weighted by Crippen LogP contribution is 1.91. The summed E-state index contributed by atoms with van der Waals surface area (Å²) in [5, 5.41) is 9.81. The van der Waals surface area contributed by atoms with Gasteiger partial charge in [-0.2, -0.15) is 0 Å². The largest absolute Gasteiger partial charge is 0.354 e. The molecule has 1 aromatic rings. The molecule has 0 bridgehead atoms. The lowest BCUT2D eigenvalue weighted by molar-refractivity contribution is 0.592. The second-order valence-electron chi connectivity index (χ2n) is 3.88. The molecule has 0 amide bonds. The standard InChI is InChI=1S/C11H23N7/c12-3-1-4-13-7-8-14-5-2-6-16-11-17-9-15-10-18-11/h9-10,13-14H,1-8,12H2,(H,15,16,17,18). The summed E-state index contributed by atoms with van der Waals surface area (Å²) in [6, 6.07) is 0. The molecule has 7 heteroatoms. The van der Waals surface area contributed by atoms with E-state index in [1.807, 2.05) is 0 Å². The van der Waals surface area contributed by atoms with Crippen LogP contribution >= 0.6 is 0 Å². The fourth-order valence-electron chi connectivity index (χ4n) is 1.40. The molecule has 102 valence electrons. The van der Waals surface area contributed by atoms with Gasteiger partial charge >= 0.3 is 0 Å². The highest BCUT2D eigenvalue weighted by Gasteiger charge is 1.93. The van der Waals surface area contributed by atoms with Crippen LogP contribution in [0.25, 0.3) is 0 Å². The Labute approximate surface area is 108 Å². The zero-order valence-corrected chi connectivity index (χ0v) is 10.7. The monoisotopic (exact) mass is 253 g/mol. The molecule has 0 saturated heterocycles. The van der Waals surface area contributed by atoms with Gasteiger partial charge in [0.05, 0.1) is 0 Å². The van der Waals surface area contributed by atoms with Gasteiger partial charge in [-0.15, -0.1) is 0 Å². The Kier molecular flexibility index (Phi) is 8.87. The highest BCUT2D eigenvalue weighted by molar-refractivity contribution is 5.19. The Morgan fingerprint density at radius 3 is 2.22 bits per heavy atom. The zero-order valence-electron chi connectivity index (χ0n) is 10.7. The minimum atomic E-state index is 0.633. The van der Waals surface area contributed by atoms with Gasteiger partial charge in [0.15, 0.2) is 0 Å². The molecule has 0 aliphatic rings. The summed E-state index contributed by atoms with van der Waals surface area (Å²) in [5.41, 5.74) is 5.40. The van der Waals surface area contributed by atoms with Crippen molar-refractivity contribution in [3.05, 3.63) is 12.7 Å². The third-order valence-corrected chi connectivity index (χ3v) is 2.34. The molecule has 0 aliphatic carbocycles. The van der Waals surface area contributed by atoms with Crippen molar-refractivity contribution in [2.24, 2.45) is 5.73 Å². The number of aromatic nitrogens is 3. The van der Waals surface area contributed by atoms with Crippen LogP contribution in [0.2, 0.25) is 0 Å². The molecule has 0 aromatic carbocycles. The summed E-state index contributed by atoms with van der Waals surface area (Å²) in [4.78, 5) is 11.7. The van der Waals surface area contributed by atoms with Crippen LogP contribution in [-0.4, -0.2) is 54.2 Å². The van der Waals surface area contributed by atoms with Crippen molar-refractivity contribution in [2.45, 2.75) is 12.8 Å². The molecule has 1 heterocycles. The first-order valence-electron chi connectivity index (χ1n) is 6.41. The minimum absolute atomic E-state index is 0.633. The lowest BCUT2D eigenvalue weighted by Gasteiger charge is -2.06. The van der Waals surface area contributed by atoms with Gasteiger partial charge in [0, 0.05) is 19.6 Å². The third kappa shape index (κ3) is 7.88. The van der Waals surface area contributed by atoms with Crippen molar-refractivity contribution < 1.29 is 0 Å². The number of anilines is 1. The molecule has 18 heavy (non-hydrogen) atoms. The van der Waals surface area contributed by atoms with E-state index in [0.29, 0.717) is 5.95 Å². The fourth-order valence-corrected chi connectivity index (χ4v) is 1.40. The summed E-state index contributed by atoms with van der Waals surface area (Å²) < 4.78 is 0. The predicted octanol–water partition coefficient (Wildman–Crippen LogP) is -0.798. The van der Waals surface area contributed by atoms with Crippen molar-refractivity contribution in [1.29, 1.82) is 0 Å². The number of nitrogens with two attached hydrogens (primary N) is 1. The van der Waals surface area contributed by atoms with E-state index in [2.05, 4.69) is 30.9 Å².